The summed E-state index contributed by atoms with van der Waals surface area (Å²) in [5.74, 6) is 1.95. The van der Waals surface area contributed by atoms with Crippen molar-refractivity contribution in [2.24, 2.45) is 14.1 Å². The van der Waals surface area contributed by atoms with Crippen LogP contribution in [0.2, 0.25) is 0 Å². The molecule has 0 amide bonds. The second-order valence-corrected chi connectivity index (χ2v) is 15.8. The topological polar surface area (TPSA) is 234 Å². The third-order valence-corrected chi connectivity index (χ3v) is 12.4. The van der Waals surface area contributed by atoms with Gasteiger partial charge in [0.2, 0.25) is 0 Å². The van der Waals surface area contributed by atoms with Crippen LogP contribution in [0, 0.1) is 0 Å². The third-order valence-electron chi connectivity index (χ3n) is 12.4. The molecule has 4 aromatic heterocycles. The molecule has 344 valence electrons. The summed E-state index contributed by atoms with van der Waals surface area (Å²) in [6.45, 7) is -1.07. The van der Waals surface area contributed by atoms with Gasteiger partial charge < -0.3 is 37.9 Å². The van der Waals surface area contributed by atoms with E-state index >= 15 is 0 Å². The number of aliphatic hydroxyl groups excluding tert-OH is 1. The van der Waals surface area contributed by atoms with Gasteiger partial charge in [-0.2, -0.15) is 0 Å². The molecule has 6 heterocycles. The second-order valence-electron chi connectivity index (χ2n) is 15.8. The van der Waals surface area contributed by atoms with Crippen LogP contribution in [-0.2, 0) is 53.1 Å². The minimum Gasteiger partial charge on any atom is -0.493 e. The maximum Gasteiger partial charge on any atom is 0.348 e. The summed E-state index contributed by atoms with van der Waals surface area (Å²) < 4.78 is 37.6. The number of nitrogens with zero attached hydrogens (tertiary/aromatic N) is 10. The zero-order valence-corrected chi connectivity index (χ0v) is 36.9. The van der Waals surface area contributed by atoms with Gasteiger partial charge in [-0.25, -0.2) is 57.0 Å². The van der Waals surface area contributed by atoms with E-state index in [1.165, 1.54) is 56.3 Å². The molecule has 66 heavy (non-hydrogen) atoms. The Morgan fingerprint density at radius 1 is 0.636 bits per heavy atom. The van der Waals surface area contributed by atoms with E-state index in [-0.39, 0.29) is 63.6 Å². The van der Waals surface area contributed by atoms with Crippen molar-refractivity contribution in [3.8, 4) is 28.7 Å². The lowest BCUT2D eigenvalue weighted by Gasteiger charge is -2.38. The highest BCUT2D eigenvalue weighted by molar-refractivity contribution is 5.80. The van der Waals surface area contributed by atoms with Crippen molar-refractivity contribution in [3.63, 3.8) is 0 Å². The normalized spacial score (nSPS) is 15.3. The molecule has 3 aromatic carbocycles. The fourth-order valence-corrected chi connectivity index (χ4v) is 9.09. The van der Waals surface area contributed by atoms with Gasteiger partial charge in [0.05, 0.1) is 76.2 Å². The molecule has 0 aliphatic carbocycles. The SMILES string of the molecule is COc1cc2nc(CCn3c(=O)n4n(c3=O)[C@@H]3Cn5c(=O)n(CCc6nc7cc(OC)c(OC)cc7n(C)c6=O)c(=O)n5[C@@H](c5ccccc5OCCO)C3=CC4)c(=O)n(C)c2cc1OC. The molecule has 22 nitrogen and oxygen atoms in total. The lowest BCUT2D eigenvalue weighted by atomic mass is 9.90. The fourth-order valence-electron chi connectivity index (χ4n) is 9.09. The van der Waals surface area contributed by atoms with E-state index < -0.39 is 46.0 Å². The fraction of sp³-hybridized carbons (Fsp3) is 0.364. The van der Waals surface area contributed by atoms with Crippen molar-refractivity contribution in [1.29, 1.82) is 0 Å². The van der Waals surface area contributed by atoms with Crippen LogP contribution in [0.15, 0.2) is 88.9 Å². The van der Waals surface area contributed by atoms with Crippen LogP contribution < -0.4 is 57.6 Å². The largest absolute Gasteiger partial charge is 0.493 e. The number of allylic oxidation sites excluding steroid dienone is 2. The summed E-state index contributed by atoms with van der Waals surface area (Å²) in [5.41, 5.74) is -0.553. The lowest BCUT2D eigenvalue weighted by molar-refractivity contribution is 0.196. The summed E-state index contributed by atoms with van der Waals surface area (Å²) in [5, 5.41) is 9.67. The summed E-state index contributed by atoms with van der Waals surface area (Å²) in [7, 11) is 9.10. The lowest BCUT2D eigenvalue weighted by Crippen LogP contribution is -2.47. The first kappa shape index (κ1) is 43.4. The van der Waals surface area contributed by atoms with E-state index in [4.69, 9.17) is 23.7 Å². The Balaban J connectivity index is 1.11. The molecule has 2 aliphatic heterocycles. The first-order valence-electron chi connectivity index (χ1n) is 21.0. The molecule has 0 saturated heterocycles. The molecule has 2 atom stereocenters. The average molecular weight is 907 g/mol. The Labute approximate surface area is 372 Å². The number of para-hydroxylation sites is 1. The molecule has 0 saturated carbocycles. The van der Waals surface area contributed by atoms with Crippen molar-refractivity contribution >= 4 is 22.1 Å². The highest BCUT2D eigenvalue weighted by atomic mass is 16.5. The molecule has 0 spiro atoms. The quantitative estimate of drug-likeness (QED) is 0.143. The summed E-state index contributed by atoms with van der Waals surface area (Å²) in [6.07, 6.45) is 1.59. The summed E-state index contributed by atoms with van der Waals surface area (Å²) in [4.78, 5) is 94.1. The van der Waals surface area contributed by atoms with E-state index in [0.29, 0.717) is 62.0 Å². The van der Waals surface area contributed by atoms with Crippen LogP contribution in [0.5, 0.6) is 28.7 Å². The highest BCUT2D eigenvalue weighted by Gasteiger charge is 2.42. The number of fused-ring (bicyclic) bond motifs is 6. The third kappa shape index (κ3) is 6.82. The molecule has 0 fully saturated rings. The van der Waals surface area contributed by atoms with E-state index in [1.54, 1.807) is 68.7 Å². The minimum atomic E-state index is -1.02. The molecule has 22 heteroatoms. The molecule has 7 aromatic rings. The van der Waals surface area contributed by atoms with Crippen LogP contribution in [0.25, 0.3) is 22.1 Å². The van der Waals surface area contributed by atoms with Gasteiger partial charge in [0.15, 0.2) is 23.0 Å². The van der Waals surface area contributed by atoms with Gasteiger partial charge >= 0.3 is 22.8 Å². The standard InChI is InChI=1S/C44H46N10O12/c1-47-30-21-36(64-5)34(62-3)19-28(30)45-26(39(47)56)12-14-49-41(58)51-16-11-24-32(53(51)43(49)60)23-52-42(59)50(44(61)54(52)38(24)25-9-7-8-10-33(25)66-18-17-55)15-13-27-40(57)48(2)31-22-37(65-6)35(63-4)20-29(31)46-27/h7-11,19-22,32,38,55H,12-18,23H2,1-6H3/t32-,38-/m1/s1. The number of aliphatic hydroxyl groups is 1. The maximum atomic E-state index is 14.6. The predicted octanol–water partition coefficient (Wildman–Crippen LogP) is 0.105. The first-order chi connectivity index (χ1) is 31.8. The zero-order chi connectivity index (χ0) is 46.7. The number of hydrogen-bond acceptors (Lipinski definition) is 14. The molecular weight excluding hydrogens is 861 g/mol. The van der Waals surface area contributed by atoms with Crippen molar-refractivity contribution in [2.45, 2.75) is 51.1 Å². The summed E-state index contributed by atoms with van der Waals surface area (Å²) in [6, 6.07) is 11.5. The van der Waals surface area contributed by atoms with Crippen LogP contribution in [-0.4, -0.2) is 93.7 Å². The number of ether oxygens (including phenoxy) is 5. The molecular formula is C44H46N10O12. The highest BCUT2D eigenvalue weighted by Crippen LogP contribution is 2.41. The van der Waals surface area contributed by atoms with E-state index in [1.807, 2.05) is 0 Å². The molecule has 0 unspecified atom stereocenters. The van der Waals surface area contributed by atoms with Crippen molar-refractivity contribution in [3.05, 3.63) is 140 Å². The van der Waals surface area contributed by atoms with Crippen LogP contribution in [0.3, 0.4) is 0 Å². The molecule has 0 radical (unpaired) electrons. The van der Waals surface area contributed by atoms with Crippen molar-refractivity contribution in [1.82, 2.24) is 47.0 Å². The Morgan fingerprint density at radius 3 is 1.67 bits per heavy atom. The van der Waals surface area contributed by atoms with Gasteiger partial charge in [0.1, 0.15) is 29.8 Å². The van der Waals surface area contributed by atoms with Crippen molar-refractivity contribution in [2.75, 3.05) is 41.7 Å². The van der Waals surface area contributed by atoms with Gasteiger partial charge in [-0.1, -0.05) is 24.3 Å². The molecule has 0 bridgehead atoms. The van der Waals surface area contributed by atoms with Crippen LogP contribution in [0.4, 0.5) is 0 Å². The van der Waals surface area contributed by atoms with Crippen LogP contribution in [0.1, 0.15) is 29.0 Å². The van der Waals surface area contributed by atoms with Gasteiger partial charge in [0.25, 0.3) is 11.1 Å². The number of hydrogen-bond donors (Lipinski definition) is 1. The van der Waals surface area contributed by atoms with E-state index in [9.17, 15) is 33.9 Å². The van der Waals surface area contributed by atoms with Crippen molar-refractivity contribution < 1.29 is 28.8 Å². The first-order valence-corrected chi connectivity index (χ1v) is 21.0. The van der Waals surface area contributed by atoms with E-state index in [0.717, 1.165) is 9.13 Å². The van der Waals surface area contributed by atoms with E-state index in [2.05, 4.69) is 9.97 Å². The number of aryl methyl sites for hydroxylation is 4. The average Bonchev–Trinajstić information content (AvgIpc) is 3.72. The van der Waals surface area contributed by atoms with Gasteiger partial charge in [0, 0.05) is 69.9 Å². The van der Waals surface area contributed by atoms with Gasteiger partial charge in [-0.15, -0.1) is 0 Å². The number of benzene rings is 3. The predicted molar refractivity (Wildman–Crippen MR) is 238 cm³/mol. The summed E-state index contributed by atoms with van der Waals surface area (Å²) >= 11 is 0. The number of rotatable bonds is 14. The Hall–Kier alpha value is -7.88. The number of aromatic nitrogens is 10. The molecule has 2 aliphatic rings. The second kappa shape index (κ2) is 16.9. The minimum absolute atomic E-state index is 0.0615. The Bertz CT molecular complexity index is 3510. The maximum absolute atomic E-state index is 14.6. The Morgan fingerprint density at radius 2 is 1.14 bits per heavy atom. The number of methoxy groups -OCH3 is 4. The Kier molecular flexibility index (Phi) is 11.1. The molecule has 9 rings (SSSR count). The molecule has 1 N–H and O–H groups in total. The van der Waals surface area contributed by atoms with Gasteiger partial charge in [-0.3, -0.25) is 9.59 Å². The monoisotopic (exact) mass is 906 g/mol. The van der Waals surface area contributed by atoms with Gasteiger partial charge in [-0.05, 0) is 11.6 Å². The van der Waals surface area contributed by atoms with Crippen LogP contribution >= 0.6 is 0 Å². The zero-order valence-electron chi connectivity index (χ0n) is 36.9. The smallest absolute Gasteiger partial charge is 0.348 e.